The zero-order chi connectivity index (χ0) is 10.4. The number of aliphatic carboxylic acids is 1. The first-order valence-corrected chi connectivity index (χ1v) is 4.25. The topological polar surface area (TPSA) is 76.2 Å². The molecule has 3 N–H and O–H groups in total. The highest BCUT2D eigenvalue weighted by molar-refractivity contribution is 5.73. The molecule has 0 unspecified atom stereocenters. The van der Waals surface area contributed by atoms with Crippen molar-refractivity contribution in [2.45, 2.75) is 12.5 Å². The largest absolute Gasteiger partial charge is 0.480 e. The Morgan fingerprint density at radius 3 is 2.79 bits per heavy atom. The summed E-state index contributed by atoms with van der Waals surface area (Å²) in [6, 6.07) is 2.85. The normalized spacial score (nSPS) is 12.9. The Labute approximate surface area is 82.1 Å². The molecule has 74 valence electrons. The number of nitrogens with two attached hydrogens (primary N) is 1. The average molecular weight is 192 g/mol. The summed E-state index contributed by atoms with van der Waals surface area (Å²) in [7, 11) is 0. The molecule has 0 aromatic carbocycles. The summed E-state index contributed by atoms with van der Waals surface area (Å²) in [6.45, 7) is 0. The predicted molar refractivity (Wildman–Crippen MR) is 53.5 cm³/mol. The van der Waals surface area contributed by atoms with Crippen molar-refractivity contribution in [2.24, 2.45) is 5.73 Å². The molecule has 0 aliphatic rings. The smallest absolute Gasteiger partial charge is 0.320 e. The number of hydrogen-bond donors (Lipinski definition) is 2. The second-order valence-corrected chi connectivity index (χ2v) is 2.86. The molecular formula is C10H12N2O2. The van der Waals surface area contributed by atoms with E-state index in [4.69, 9.17) is 10.8 Å². The number of carbonyl (C=O) groups is 1. The van der Waals surface area contributed by atoms with E-state index in [9.17, 15) is 4.79 Å². The van der Waals surface area contributed by atoms with Crippen molar-refractivity contribution < 1.29 is 9.90 Å². The van der Waals surface area contributed by atoms with Crippen molar-refractivity contribution in [1.82, 2.24) is 4.98 Å². The molecule has 0 saturated carbocycles. The maximum atomic E-state index is 10.4. The number of carboxylic acids is 1. The first-order chi connectivity index (χ1) is 6.70. The van der Waals surface area contributed by atoms with Gasteiger partial charge in [-0.25, -0.2) is 0 Å². The van der Waals surface area contributed by atoms with Crippen molar-refractivity contribution in [3.8, 4) is 0 Å². The van der Waals surface area contributed by atoms with Gasteiger partial charge in [0.05, 0.1) is 0 Å². The highest BCUT2D eigenvalue weighted by Gasteiger charge is 2.07. The minimum Gasteiger partial charge on any atom is -0.480 e. The van der Waals surface area contributed by atoms with Crippen molar-refractivity contribution >= 4 is 12.0 Å². The number of carboxylic acid groups (broad SMARTS) is 1. The zero-order valence-corrected chi connectivity index (χ0v) is 7.63. The van der Waals surface area contributed by atoms with E-state index < -0.39 is 12.0 Å². The number of nitrogens with zero attached hydrogens (tertiary/aromatic N) is 1. The molecule has 0 fully saturated rings. The Balaban J connectivity index is 2.46. The van der Waals surface area contributed by atoms with Crippen molar-refractivity contribution in [3.63, 3.8) is 0 Å². The maximum Gasteiger partial charge on any atom is 0.320 e. The molecule has 1 aromatic heterocycles. The lowest BCUT2D eigenvalue weighted by molar-refractivity contribution is -0.138. The number of pyridine rings is 1. The van der Waals surface area contributed by atoms with Gasteiger partial charge in [0, 0.05) is 12.4 Å². The number of aromatic nitrogens is 1. The zero-order valence-electron chi connectivity index (χ0n) is 7.63. The van der Waals surface area contributed by atoms with Gasteiger partial charge in [-0.1, -0.05) is 12.2 Å². The fourth-order valence-electron chi connectivity index (χ4n) is 0.926. The summed E-state index contributed by atoms with van der Waals surface area (Å²) in [6.07, 6.45) is 7.25. The highest BCUT2D eigenvalue weighted by Crippen LogP contribution is 2.01. The highest BCUT2D eigenvalue weighted by atomic mass is 16.4. The molecule has 0 saturated heterocycles. The molecule has 4 nitrogen and oxygen atoms in total. The van der Waals surface area contributed by atoms with E-state index in [-0.39, 0.29) is 0 Å². The lowest BCUT2D eigenvalue weighted by Crippen LogP contribution is -2.29. The monoisotopic (exact) mass is 192 g/mol. The van der Waals surface area contributed by atoms with Crippen LogP contribution in [0.1, 0.15) is 12.0 Å². The number of hydrogen-bond acceptors (Lipinski definition) is 3. The number of rotatable bonds is 4. The van der Waals surface area contributed by atoms with Crippen LogP contribution in [-0.4, -0.2) is 22.1 Å². The third-order valence-electron chi connectivity index (χ3n) is 1.72. The molecule has 0 amide bonds. The maximum absolute atomic E-state index is 10.4. The summed E-state index contributed by atoms with van der Waals surface area (Å²) in [4.78, 5) is 14.2. The summed E-state index contributed by atoms with van der Waals surface area (Å²) in [5.41, 5.74) is 6.30. The minimum atomic E-state index is -0.982. The van der Waals surface area contributed by atoms with Crippen LogP contribution in [-0.2, 0) is 4.79 Å². The van der Waals surface area contributed by atoms with E-state index in [0.29, 0.717) is 6.42 Å². The van der Waals surface area contributed by atoms with Crippen LogP contribution in [0.3, 0.4) is 0 Å². The van der Waals surface area contributed by atoms with Gasteiger partial charge in [-0.05, 0) is 24.1 Å². The van der Waals surface area contributed by atoms with Crippen LogP contribution in [0.15, 0.2) is 30.6 Å². The molecule has 1 aromatic rings. The van der Waals surface area contributed by atoms with Crippen LogP contribution in [0.25, 0.3) is 6.08 Å². The van der Waals surface area contributed by atoms with E-state index in [1.807, 2.05) is 18.2 Å². The van der Waals surface area contributed by atoms with Crippen molar-refractivity contribution in [2.75, 3.05) is 0 Å². The minimum absolute atomic E-state index is 0.331. The first kappa shape index (κ1) is 10.4. The summed E-state index contributed by atoms with van der Waals surface area (Å²) in [5, 5.41) is 8.51. The van der Waals surface area contributed by atoms with Gasteiger partial charge in [-0.15, -0.1) is 0 Å². The molecule has 0 radical (unpaired) electrons. The van der Waals surface area contributed by atoms with Crippen LogP contribution in [0.5, 0.6) is 0 Å². The average Bonchev–Trinajstić information content (AvgIpc) is 2.19. The van der Waals surface area contributed by atoms with Crippen LogP contribution in [0.2, 0.25) is 0 Å². The molecule has 0 aliphatic carbocycles. The quantitative estimate of drug-likeness (QED) is 0.743. The molecule has 4 heteroatoms. The van der Waals surface area contributed by atoms with Gasteiger partial charge in [0.25, 0.3) is 0 Å². The molecule has 1 heterocycles. The summed E-state index contributed by atoms with van der Waals surface area (Å²) in [5.74, 6) is -0.982. The fourth-order valence-corrected chi connectivity index (χ4v) is 0.926. The second kappa shape index (κ2) is 5.14. The second-order valence-electron chi connectivity index (χ2n) is 2.86. The van der Waals surface area contributed by atoms with Gasteiger partial charge in [-0.2, -0.15) is 0 Å². The SMILES string of the molecule is N[C@H](C/C=C/c1ccncc1)C(=O)O. The lowest BCUT2D eigenvalue weighted by Gasteiger charge is -2.00. The van der Waals surface area contributed by atoms with Crippen LogP contribution in [0.4, 0.5) is 0 Å². The third kappa shape index (κ3) is 3.37. The standard InChI is InChI=1S/C10H12N2O2/c11-9(10(13)14)3-1-2-8-4-6-12-7-5-8/h1-2,4-7,9H,3,11H2,(H,13,14)/b2-1+/t9-/m1/s1. The van der Waals surface area contributed by atoms with Gasteiger partial charge >= 0.3 is 5.97 Å². The van der Waals surface area contributed by atoms with Gasteiger partial charge in [0.15, 0.2) is 0 Å². The molecule has 1 atom stereocenters. The Kier molecular flexibility index (Phi) is 3.82. The molecule has 14 heavy (non-hydrogen) atoms. The summed E-state index contributed by atoms with van der Waals surface area (Å²) < 4.78 is 0. The predicted octanol–water partition coefficient (Wildman–Crippen LogP) is 0.897. The molecule has 1 rings (SSSR count). The third-order valence-corrected chi connectivity index (χ3v) is 1.72. The fraction of sp³-hybridized carbons (Fsp3) is 0.200. The molecular weight excluding hydrogens is 180 g/mol. The van der Waals surface area contributed by atoms with Crippen molar-refractivity contribution in [3.05, 3.63) is 36.2 Å². The van der Waals surface area contributed by atoms with Crippen LogP contribution >= 0.6 is 0 Å². The van der Waals surface area contributed by atoms with Gasteiger partial charge in [0.1, 0.15) is 6.04 Å². The Bertz CT molecular complexity index is 322. The summed E-state index contributed by atoms with van der Waals surface area (Å²) >= 11 is 0. The van der Waals surface area contributed by atoms with E-state index in [1.54, 1.807) is 18.5 Å². The van der Waals surface area contributed by atoms with Crippen LogP contribution in [0, 0.1) is 0 Å². The van der Waals surface area contributed by atoms with Crippen molar-refractivity contribution in [1.29, 1.82) is 0 Å². The molecule has 0 aliphatic heterocycles. The Morgan fingerprint density at radius 1 is 1.57 bits per heavy atom. The van der Waals surface area contributed by atoms with E-state index >= 15 is 0 Å². The van der Waals surface area contributed by atoms with Gasteiger partial charge in [-0.3, -0.25) is 9.78 Å². The Hall–Kier alpha value is -1.68. The molecule has 0 spiro atoms. The van der Waals surface area contributed by atoms with E-state index in [2.05, 4.69) is 4.98 Å². The van der Waals surface area contributed by atoms with Gasteiger partial charge < -0.3 is 10.8 Å². The lowest BCUT2D eigenvalue weighted by atomic mass is 10.2. The molecule has 0 bridgehead atoms. The first-order valence-electron chi connectivity index (χ1n) is 4.25. The van der Waals surface area contributed by atoms with E-state index in [0.717, 1.165) is 5.56 Å². The van der Waals surface area contributed by atoms with Gasteiger partial charge in [0.2, 0.25) is 0 Å². The Morgan fingerprint density at radius 2 is 2.21 bits per heavy atom. The van der Waals surface area contributed by atoms with Crippen LogP contribution < -0.4 is 5.73 Å². The van der Waals surface area contributed by atoms with E-state index in [1.165, 1.54) is 0 Å².